The fourth-order valence-corrected chi connectivity index (χ4v) is 7.64. The van der Waals surface area contributed by atoms with Crippen molar-refractivity contribution in [3.63, 3.8) is 0 Å². The molecule has 0 N–H and O–H groups in total. The van der Waals surface area contributed by atoms with Crippen LogP contribution in [0.15, 0.2) is 170 Å². The Morgan fingerprint density at radius 2 is 0.755 bits per heavy atom. The molecule has 53 heavy (non-hydrogen) atoms. The van der Waals surface area contributed by atoms with Gasteiger partial charge in [0.15, 0.2) is 23.3 Å². The first-order chi connectivity index (χ1) is 26.2. The third kappa shape index (κ3) is 5.09. The number of anilines is 3. The molecule has 0 atom stereocenters. The molecule has 0 fully saturated rings. The number of carbonyl (C=O) groups is 1. The van der Waals surface area contributed by atoms with Crippen molar-refractivity contribution >= 4 is 35.0 Å². The summed E-state index contributed by atoms with van der Waals surface area (Å²) in [6.45, 7) is 0. The molecule has 5 nitrogen and oxygen atoms in total. The van der Waals surface area contributed by atoms with Crippen LogP contribution >= 0.6 is 0 Å². The van der Waals surface area contributed by atoms with Crippen LogP contribution in [0.2, 0.25) is 0 Å². The lowest BCUT2D eigenvalue weighted by molar-refractivity contribution is 0.104. The number of rotatable bonds is 5. The van der Waals surface area contributed by atoms with Crippen LogP contribution in [-0.4, -0.2) is 20.7 Å². The zero-order valence-corrected chi connectivity index (χ0v) is 28.5. The predicted octanol–water partition coefficient (Wildman–Crippen LogP) is 11.7. The second kappa shape index (κ2) is 12.5. The van der Waals surface area contributed by atoms with Crippen molar-refractivity contribution in [2.45, 2.75) is 0 Å². The van der Waals surface area contributed by atoms with E-state index in [-0.39, 0.29) is 5.78 Å². The van der Waals surface area contributed by atoms with Gasteiger partial charge < -0.3 is 4.90 Å². The summed E-state index contributed by atoms with van der Waals surface area (Å²) in [6, 6.07) is 57.0. The summed E-state index contributed by atoms with van der Waals surface area (Å²) in [4.78, 5) is 32.3. The molecule has 8 aromatic rings. The maximum absolute atomic E-state index is 15.1. The Bertz CT molecular complexity index is 2650. The lowest BCUT2D eigenvalue weighted by Gasteiger charge is -2.28. The molecule has 0 amide bonds. The zero-order chi connectivity index (χ0) is 35.3. The van der Waals surface area contributed by atoms with Crippen molar-refractivity contribution in [1.29, 1.82) is 0 Å². The predicted molar refractivity (Wildman–Crippen MR) is 214 cm³/mol. The average Bonchev–Trinajstić information content (AvgIpc) is 3.42. The molecule has 0 spiro atoms. The van der Waals surface area contributed by atoms with E-state index in [4.69, 9.17) is 15.0 Å². The van der Waals surface area contributed by atoms with E-state index in [1.165, 1.54) is 0 Å². The molecule has 0 unspecified atom stereocenters. The van der Waals surface area contributed by atoms with Crippen LogP contribution in [0.1, 0.15) is 27.0 Å². The van der Waals surface area contributed by atoms with Crippen LogP contribution in [0.4, 0.5) is 17.1 Å². The van der Waals surface area contributed by atoms with Gasteiger partial charge in [0.25, 0.3) is 0 Å². The molecule has 0 saturated heterocycles. The Hall–Kier alpha value is -7.24. The van der Waals surface area contributed by atoms with E-state index >= 15 is 4.79 Å². The first-order valence-electron chi connectivity index (χ1n) is 17.7. The summed E-state index contributed by atoms with van der Waals surface area (Å²) in [5.41, 5.74) is 12.6. The third-order valence-electron chi connectivity index (χ3n) is 10.0. The Balaban J connectivity index is 1.15. The standard InChI is InChI=1S/C48H30N4O/c53-45-43-36(35-21-9-10-22-39(35)48-50-46(33-17-3-1-4-18-33)49-47(51-48)34-19-5-2-6-20-34)23-13-24-37(43)38-25-14-28-42(44(38)45)52-40-26-11-7-15-31(40)29-30-32-16-8-12-27-41(32)52/h1-30H. The average molecular weight is 679 g/mol. The lowest BCUT2D eigenvalue weighted by atomic mass is 9.92. The van der Waals surface area contributed by atoms with Crippen LogP contribution in [-0.2, 0) is 0 Å². The van der Waals surface area contributed by atoms with Gasteiger partial charge in [0.05, 0.1) is 22.6 Å². The first-order valence-corrected chi connectivity index (χ1v) is 17.7. The summed E-state index contributed by atoms with van der Waals surface area (Å²) >= 11 is 0. The van der Waals surface area contributed by atoms with Crippen LogP contribution in [0.3, 0.4) is 0 Å². The third-order valence-corrected chi connectivity index (χ3v) is 10.0. The van der Waals surface area contributed by atoms with E-state index in [9.17, 15) is 0 Å². The van der Waals surface area contributed by atoms with E-state index in [0.29, 0.717) is 28.6 Å². The highest BCUT2D eigenvalue weighted by molar-refractivity contribution is 6.28. The lowest BCUT2D eigenvalue weighted by Crippen LogP contribution is -2.15. The smallest absolute Gasteiger partial charge is 0.197 e. The highest BCUT2D eigenvalue weighted by atomic mass is 16.1. The molecule has 5 heteroatoms. The molecular weight excluding hydrogens is 649 g/mol. The van der Waals surface area contributed by atoms with Gasteiger partial charge in [0, 0.05) is 22.3 Å². The van der Waals surface area contributed by atoms with Gasteiger partial charge in [0.1, 0.15) is 0 Å². The van der Waals surface area contributed by atoms with Crippen LogP contribution in [0.25, 0.3) is 68.6 Å². The van der Waals surface area contributed by atoms with Gasteiger partial charge in [-0.25, -0.2) is 15.0 Å². The second-order valence-corrected chi connectivity index (χ2v) is 13.1. The number of fused-ring (bicyclic) bond motifs is 5. The fraction of sp³-hybridized carbons (Fsp3) is 0. The first kappa shape index (κ1) is 30.6. The fourth-order valence-electron chi connectivity index (χ4n) is 7.64. The van der Waals surface area contributed by atoms with Crippen LogP contribution in [0, 0.1) is 0 Å². The summed E-state index contributed by atoms with van der Waals surface area (Å²) < 4.78 is 0. The number of hydrogen-bond acceptors (Lipinski definition) is 5. The molecule has 1 aliphatic carbocycles. The van der Waals surface area contributed by atoms with Gasteiger partial charge in [0.2, 0.25) is 0 Å². The van der Waals surface area contributed by atoms with Gasteiger partial charge in [-0.2, -0.15) is 0 Å². The van der Waals surface area contributed by atoms with E-state index in [1.807, 2.05) is 91.0 Å². The summed E-state index contributed by atoms with van der Waals surface area (Å²) in [7, 11) is 0. The highest BCUT2D eigenvalue weighted by Gasteiger charge is 2.35. The number of carbonyl (C=O) groups excluding carboxylic acids is 1. The van der Waals surface area contributed by atoms with Gasteiger partial charge in [-0.1, -0.05) is 164 Å². The molecule has 0 saturated carbocycles. The molecule has 7 aromatic carbocycles. The minimum atomic E-state index is -0.00577. The Morgan fingerprint density at radius 1 is 0.340 bits per heavy atom. The van der Waals surface area contributed by atoms with Crippen molar-refractivity contribution in [2.75, 3.05) is 4.90 Å². The topological polar surface area (TPSA) is 59.0 Å². The van der Waals surface area contributed by atoms with Gasteiger partial charge in [-0.05, 0) is 51.6 Å². The molecule has 2 heterocycles. The minimum Gasteiger partial charge on any atom is -0.309 e. The quantitative estimate of drug-likeness (QED) is 0.181. The molecule has 248 valence electrons. The Morgan fingerprint density at radius 3 is 1.36 bits per heavy atom. The molecule has 0 radical (unpaired) electrons. The number of para-hydroxylation sites is 2. The van der Waals surface area contributed by atoms with E-state index < -0.39 is 0 Å². The SMILES string of the molecule is O=C1c2c(-c3ccccc3-c3nc(-c4ccccc4)nc(-c4ccccc4)n3)cccc2-c2cccc(N3c4ccccc4C=Cc4ccccc43)c21. The number of benzene rings is 7. The maximum atomic E-state index is 15.1. The summed E-state index contributed by atoms with van der Waals surface area (Å²) in [5.74, 6) is 1.71. The summed E-state index contributed by atoms with van der Waals surface area (Å²) in [5, 5.41) is 0. The van der Waals surface area contributed by atoms with Crippen molar-refractivity contribution in [1.82, 2.24) is 15.0 Å². The Labute approximate surface area is 307 Å². The van der Waals surface area contributed by atoms with Crippen LogP contribution < -0.4 is 4.90 Å². The zero-order valence-electron chi connectivity index (χ0n) is 28.5. The molecular formula is C48H30N4O. The number of ketones is 1. The molecule has 2 aliphatic rings. The second-order valence-electron chi connectivity index (χ2n) is 13.1. The molecule has 0 bridgehead atoms. The monoisotopic (exact) mass is 678 g/mol. The van der Waals surface area contributed by atoms with Crippen molar-refractivity contribution in [2.24, 2.45) is 0 Å². The molecule has 1 aliphatic heterocycles. The van der Waals surface area contributed by atoms with Gasteiger partial charge >= 0.3 is 0 Å². The van der Waals surface area contributed by atoms with Gasteiger partial charge in [-0.3, -0.25) is 4.79 Å². The van der Waals surface area contributed by atoms with Crippen molar-refractivity contribution in [3.05, 3.63) is 192 Å². The van der Waals surface area contributed by atoms with E-state index in [1.54, 1.807) is 0 Å². The minimum absolute atomic E-state index is 0.00577. The number of aromatic nitrogens is 3. The summed E-state index contributed by atoms with van der Waals surface area (Å²) in [6.07, 6.45) is 4.30. The molecule has 10 rings (SSSR count). The molecule has 1 aromatic heterocycles. The number of hydrogen-bond donors (Lipinski definition) is 0. The maximum Gasteiger partial charge on any atom is 0.197 e. The van der Waals surface area contributed by atoms with E-state index in [0.717, 1.165) is 67.1 Å². The van der Waals surface area contributed by atoms with Crippen molar-refractivity contribution < 1.29 is 4.79 Å². The number of nitrogens with zero attached hydrogens (tertiary/aromatic N) is 4. The van der Waals surface area contributed by atoms with Crippen LogP contribution in [0.5, 0.6) is 0 Å². The van der Waals surface area contributed by atoms with Gasteiger partial charge in [-0.15, -0.1) is 0 Å². The van der Waals surface area contributed by atoms with Crippen molar-refractivity contribution in [3.8, 4) is 56.4 Å². The largest absolute Gasteiger partial charge is 0.309 e. The highest BCUT2D eigenvalue weighted by Crippen LogP contribution is 2.50. The normalized spacial score (nSPS) is 12.5. The Kier molecular flexibility index (Phi) is 7.22. The van der Waals surface area contributed by atoms with E-state index in [2.05, 4.69) is 95.9 Å².